The Hall–Kier alpha value is -4.01. The van der Waals surface area contributed by atoms with Gasteiger partial charge < -0.3 is 29.7 Å². The van der Waals surface area contributed by atoms with Crippen LogP contribution < -0.4 is 24.8 Å². The Balaban J connectivity index is 1.19. The number of amides is 1. The van der Waals surface area contributed by atoms with Gasteiger partial charge in [0.05, 0.1) is 0 Å². The number of benzene rings is 2. The van der Waals surface area contributed by atoms with Crippen molar-refractivity contribution in [2.45, 2.75) is 0 Å². The monoisotopic (exact) mass is 419 g/mol. The van der Waals surface area contributed by atoms with Gasteiger partial charge in [0.1, 0.15) is 17.3 Å². The molecule has 5 rings (SSSR count). The number of fused-ring (bicyclic) bond motifs is 1. The maximum absolute atomic E-state index is 12.9. The van der Waals surface area contributed by atoms with E-state index in [-0.39, 0.29) is 12.7 Å². The summed E-state index contributed by atoms with van der Waals surface area (Å²) in [6.45, 7) is 2.82. The lowest BCUT2D eigenvalue weighted by Crippen LogP contribution is -2.49. The van der Waals surface area contributed by atoms with E-state index in [1.165, 1.54) is 0 Å². The van der Waals surface area contributed by atoms with Crippen molar-refractivity contribution in [2.75, 3.05) is 43.6 Å². The molecule has 2 aliphatic rings. The van der Waals surface area contributed by atoms with Crippen LogP contribution in [-0.4, -0.2) is 54.0 Å². The van der Waals surface area contributed by atoms with Gasteiger partial charge in [-0.3, -0.25) is 4.79 Å². The second kappa shape index (κ2) is 8.02. The number of anilines is 2. The largest absolute Gasteiger partial charge is 0.457 e. The number of carbonyl (C=O) groups is 1. The number of nitrogens with zero attached hydrogens (tertiary/aromatic N) is 4. The molecule has 0 aliphatic carbocycles. The Morgan fingerprint density at radius 2 is 1.61 bits per heavy atom. The summed E-state index contributed by atoms with van der Waals surface area (Å²) in [5.41, 5.74) is 6.22. The van der Waals surface area contributed by atoms with Gasteiger partial charge in [0.2, 0.25) is 6.79 Å². The molecule has 9 heteroatoms. The number of rotatable bonds is 4. The highest BCUT2D eigenvalue weighted by Crippen LogP contribution is 2.36. The van der Waals surface area contributed by atoms with Crippen molar-refractivity contribution in [3.63, 3.8) is 0 Å². The molecule has 158 valence electrons. The quantitative estimate of drug-likeness (QED) is 0.688. The molecule has 1 aromatic heterocycles. The summed E-state index contributed by atoms with van der Waals surface area (Å²) < 4.78 is 16.5. The van der Waals surface area contributed by atoms with Gasteiger partial charge in [0, 0.05) is 37.8 Å². The zero-order chi connectivity index (χ0) is 21.2. The number of hydrogen-bond acceptors (Lipinski definition) is 8. The molecular weight excluding hydrogens is 398 g/mol. The normalized spacial score (nSPS) is 15.1. The predicted molar refractivity (Wildman–Crippen MR) is 114 cm³/mol. The fraction of sp³-hybridized carbons (Fsp3) is 0.227. The lowest BCUT2D eigenvalue weighted by molar-refractivity contribution is 0.0746. The van der Waals surface area contributed by atoms with E-state index in [2.05, 4.69) is 15.1 Å². The van der Waals surface area contributed by atoms with E-state index in [1.54, 1.807) is 36.4 Å². The zero-order valence-electron chi connectivity index (χ0n) is 16.7. The molecule has 1 amide bonds. The summed E-state index contributed by atoms with van der Waals surface area (Å²) in [4.78, 5) is 16.8. The van der Waals surface area contributed by atoms with Crippen molar-refractivity contribution >= 4 is 17.5 Å². The number of nitrogens with two attached hydrogens (primary N) is 1. The summed E-state index contributed by atoms with van der Waals surface area (Å²) in [5, 5.41) is 8.00. The standard InChI is InChI=1S/C22H21N5O4/c23-20-7-8-21(25-24-20)26-9-11-27(12-10-26)22(28)15-1-3-16(4-2-15)31-17-5-6-18-19(13-17)30-14-29-18/h1-8,13H,9-12,14H2,(H2,23,24). The van der Waals surface area contributed by atoms with Crippen molar-refractivity contribution in [1.82, 2.24) is 15.1 Å². The smallest absolute Gasteiger partial charge is 0.253 e. The first-order valence-electron chi connectivity index (χ1n) is 9.97. The summed E-state index contributed by atoms with van der Waals surface area (Å²) in [6, 6.07) is 16.1. The van der Waals surface area contributed by atoms with Crippen LogP contribution in [0.25, 0.3) is 0 Å². The van der Waals surface area contributed by atoms with Gasteiger partial charge in [-0.1, -0.05) is 0 Å². The van der Waals surface area contributed by atoms with E-state index < -0.39 is 0 Å². The first-order chi connectivity index (χ1) is 15.2. The average Bonchev–Trinajstić information content (AvgIpc) is 3.28. The molecule has 9 nitrogen and oxygen atoms in total. The lowest BCUT2D eigenvalue weighted by atomic mass is 10.1. The number of aromatic nitrogens is 2. The average molecular weight is 419 g/mol. The van der Waals surface area contributed by atoms with E-state index in [1.807, 2.05) is 23.1 Å². The number of hydrogen-bond donors (Lipinski definition) is 1. The van der Waals surface area contributed by atoms with Crippen molar-refractivity contribution < 1.29 is 19.0 Å². The summed E-state index contributed by atoms with van der Waals surface area (Å²) in [6.07, 6.45) is 0. The van der Waals surface area contributed by atoms with Crippen molar-refractivity contribution in [3.8, 4) is 23.0 Å². The molecule has 0 radical (unpaired) electrons. The van der Waals surface area contributed by atoms with E-state index in [4.69, 9.17) is 19.9 Å². The Labute approximate surface area is 178 Å². The molecule has 0 atom stereocenters. The van der Waals surface area contributed by atoms with Gasteiger partial charge in [0.15, 0.2) is 17.3 Å². The Kier molecular flexibility index (Phi) is 4.91. The molecule has 0 spiro atoms. The predicted octanol–water partition coefficient (Wildman–Crippen LogP) is 2.54. The lowest BCUT2D eigenvalue weighted by Gasteiger charge is -2.35. The molecule has 3 heterocycles. The SMILES string of the molecule is Nc1ccc(N2CCN(C(=O)c3ccc(Oc4ccc5c(c4)OCO5)cc3)CC2)nn1. The minimum absolute atomic E-state index is 0.00216. The highest BCUT2D eigenvalue weighted by molar-refractivity contribution is 5.94. The minimum atomic E-state index is -0.00216. The summed E-state index contributed by atoms with van der Waals surface area (Å²) >= 11 is 0. The molecule has 1 fully saturated rings. The van der Waals surface area contributed by atoms with Crippen LogP contribution in [0.3, 0.4) is 0 Å². The second-order valence-electron chi connectivity index (χ2n) is 7.24. The highest BCUT2D eigenvalue weighted by Gasteiger charge is 2.23. The highest BCUT2D eigenvalue weighted by atomic mass is 16.7. The molecule has 2 aliphatic heterocycles. The molecule has 0 unspecified atom stereocenters. The first kappa shape index (κ1) is 19.0. The van der Waals surface area contributed by atoms with Crippen molar-refractivity contribution in [2.24, 2.45) is 0 Å². The third-order valence-corrected chi connectivity index (χ3v) is 5.24. The Bertz CT molecular complexity index is 1080. The fourth-order valence-electron chi connectivity index (χ4n) is 3.57. The van der Waals surface area contributed by atoms with Crippen LogP contribution in [0.2, 0.25) is 0 Å². The van der Waals surface area contributed by atoms with Crippen molar-refractivity contribution in [1.29, 1.82) is 0 Å². The fourth-order valence-corrected chi connectivity index (χ4v) is 3.57. The number of nitrogen functional groups attached to an aromatic ring is 1. The van der Waals surface area contributed by atoms with Gasteiger partial charge in [0.25, 0.3) is 5.91 Å². The third-order valence-electron chi connectivity index (χ3n) is 5.24. The maximum Gasteiger partial charge on any atom is 0.253 e. The van der Waals surface area contributed by atoms with Crippen LogP contribution in [0.1, 0.15) is 10.4 Å². The molecular formula is C22H21N5O4. The number of ether oxygens (including phenoxy) is 3. The van der Waals surface area contributed by atoms with Gasteiger partial charge >= 0.3 is 0 Å². The molecule has 3 aromatic rings. The van der Waals surface area contributed by atoms with Gasteiger partial charge in [-0.2, -0.15) is 0 Å². The Morgan fingerprint density at radius 1 is 0.871 bits per heavy atom. The summed E-state index contributed by atoms with van der Waals surface area (Å²) in [5.74, 6) is 3.81. The van der Waals surface area contributed by atoms with Gasteiger partial charge in [-0.05, 0) is 48.5 Å². The molecule has 1 saturated heterocycles. The molecule has 31 heavy (non-hydrogen) atoms. The summed E-state index contributed by atoms with van der Waals surface area (Å²) in [7, 11) is 0. The van der Waals surface area contributed by atoms with E-state index >= 15 is 0 Å². The minimum Gasteiger partial charge on any atom is -0.457 e. The van der Waals surface area contributed by atoms with E-state index in [0.29, 0.717) is 60.6 Å². The second-order valence-corrected chi connectivity index (χ2v) is 7.24. The van der Waals surface area contributed by atoms with Gasteiger partial charge in [-0.25, -0.2) is 0 Å². The number of piperazine rings is 1. The van der Waals surface area contributed by atoms with Crippen molar-refractivity contribution in [3.05, 3.63) is 60.2 Å². The van der Waals surface area contributed by atoms with Crippen LogP contribution >= 0.6 is 0 Å². The van der Waals surface area contributed by atoms with Crippen LogP contribution in [0.15, 0.2) is 54.6 Å². The van der Waals surface area contributed by atoms with E-state index in [0.717, 1.165) is 5.82 Å². The molecule has 2 N–H and O–H groups in total. The van der Waals surface area contributed by atoms with E-state index in [9.17, 15) is 4.79 Å². The van der Waals surface area contributed by atoms with Crippen LogP contribution in [0.4, 0.5) is 11.6 Å². The topological polar surface area (TPSA) is 103 Å². The third kappa shape index (κ3) is 4.02. The molecule has 2 aromatic carbocycles. The van der Waals surface area contributed by atoms with Crippen LogP contribution in [0.5, 0.6) is 23.0 Å². The molecule has 0 bridgehead atoms. The molecule has 0 saturated carbocycles. The zero-order valence-corrected chi connectivity index (χ0v) is 16.7. The van der Waals surface area contributed by atoms with Crippen LogP contribution in [-0.2, 0) is 0 Å². The Morgan fingerprint density at radius 3 is 2.35 bits per heavy atom. The van der Waals surface area contributed by atoms with Gasteiger partial charge in [-0.15, -0.1) is 10.2 Å². The first-order valence-corrected chi connectivity index (χ1v) is 9.97. The van der Waals surface area contributed by atoms with Crippen LogP contribution in [0, 0.1) is 0 Å². The number of carbonyl (C=O) groups excluding carboxylic acids is 1. The maximum atomic E-state index is 12.9.